The summed E-state index contributed by atoms with van der Waals surface area (Å²) in [6.07, 6.45) is 1.92. The van der Waals surface area contributed by atoms with Crippen LogP contribution in [0.1, 0.15) is 10.4 Å². The number of anilines is 1. The number of thiophene rings is 1. The molecule has 0 aliphatic heterocycles. The van der Waals surface area contributed by atoms with Gasteiger partial charge in [0.25, 0.3) is 5.91 Å². The molecule has 24 heavy (non-hydrogen) atoms. The van der Waals surface area contributed by atoms with Crippen molar-refractivity contribution in [3.8, 4) is 0 Å². The molecule has 0 bridgehead atoms. The van der Waals surface area contributed by atoms with Gasteiger partial charge in [-0.2, -0.15) is 0 Å². The van der Waals surface area contributed by atoms with Gasteiger partial charge in [-0.25, -0.2) is 18.4 Å². The molecule has 0 fully saturated rings. The van der Waals surface area contributed by atoms with Crippen molar-refractivity contribution in [1.29, 1.82) is 0 Å². The van der Waals surface area contributed by atoms with Gasteiger partial charge in [0.2, 0.25) is 10.0 Å². The minimum absolute atomic E-state index is 0.0289. The molecule has 1 amide bonds. The Bertz CT molecular complexity index is 861. The second-order valence-corrected chi connectivity index (χ2v) is 8.13. The molecule has 0 aliphatic rings. The van der Waals surface area contributed by atoms with Crippen LogP contribution in [0, 0.1) is 0 Å². The topological polar surface area (TPSA) is 116 Å². The van der Waals surface area contributed by atoms with Crippen LogP contribution in [0.25, 0.3) is 0 Å². The van der Waals surface area contributed by atoms with Gasteiger partial charge in [-0.3, -0.25) is 4.79 Å². The van der Waals surface area contributed by atoms with E-state index in [2.05, 4.69) is 5.32 Å². The molecule has 0 aliphatic carbocycles. The summed E-state index contributed by atoms with van der Waals surface area (Å²) in [5.41, 5.74) is 0.621. The molecule has 2 rings (SSSR count). The van der Waals surface area contributed by atoms with E-state index in [1.807, 2.05) is 12.3 Å². The second-order valence-electron chi connectivity index (χ2n) is 4.56. The fourth-order valence-electron chi connectivity index (χ4n) is 1.69. The maximum Gasteiger partial charge on any atom is 0.339 e. The van der Waals surface area contributed by atoms with Crippen molar-refractivity contribution < 1.29 is 22.7 Å². The van der Waals surface area contributed by atoms with Crippen molar-refractivity contribution in [3.05, 3.63) is 41.3 Å². The molecule has 10 heteroatoms. The summed E-state index contributed by atoms with van der Waals surface area (Å²) in [4.78, 5) is 24.6. The number of nitrogens with two attached hydrogens (primary N) is 1. The van der Waals surface area contributed by atoms with Crippen molar-refractivity contribution in [2.24, 2.45) is 5.14 Å². The number of sulfonamides is 1. The first-order valence-corrected chi connectivity index (χ1v) is 10.2. The van der Waals surface area contributed by atoms with E-state index in [9.17, 15) is 18.0 Å². The summed E-state index contributed by atoms with van der Waals surface area (Å²) >= 11 is 2.34. The summed E-state index contributed by atoms with van der Waals surface area (Å²) in [6, 6.07) is 8.33. The molecule has 0 saturated carbocycles. The van der Waals surface area contributed by atoms with Crippen LogP contribution in [0.2, 0.25) is 0 Å². The second kappa shape index (κ2) is 7.79. The Kier molecular flexibility index (Phi) is 5.99. The lowest BCUT2D eigenvalue weighted by Crippen LogP contribution is -2.20. The molecule has 0 radical (unpaired) electrons. The van der Waals surface area contributed by atoms with Crippen LogP contribution in [0.15, 0.2) is 44.8 Å². The van der Waals surface area contributed by atoms with Gasteiger partial charge in [-0.1, -0.05) is 6.07 Å². The molecule has 7 nitrogen and oxygen atoms in total. The standard InChI is InChI=1S/C14H14N2O5S3/c1-22-11-4-2-3-10(6-11)16-12(17)7-21-14(18)9-5-13(23-8-9)24(15,19)20/h2-6,8H,7H2,1H3,(H,16,17)(H2,15,19,20). The number of primary sulfonamides is 1. The minimum atomic E-state index is -3.86. The van der Waals surface area contributed by atoms with Crippen molar-refractivity contribution >= 4 is 50.7 Å². The highest BCUT2D eigenvalue weighted by Gasteiger charge is 2.17. The van der Waals surface area contributed by atoms with E-state index in [1.54, 1.807) is 18.2 Å². The first-order valence-electron chi connectivity index (χ1n) is 6.52. The lowest BCUT2D eigenvalue weighted by molar-refractivity contribution is -0.119. The van der Waals surface area contributed by atoms with Gasteiger partial charge in [0.15, 0.2) is 6.61 Å². The Morgan fingerprint density at radius 3 is 2.71 bits per heavy atom. The fourth-order valence-corrected chi connectivity index (χ4v) is 3.72. The van der Waals surface area contributed by atoms with E-state index in [1.165, 1.54) is 17.1 Å². The van der Waals surface area contributed by atoms with E-state index in [0.717, 1.165) is 22.3 Å². The number of carbonyl (C=O) groups excluding carboxylic acids is 2. The number of hydrogen-bond acceptors (Lipinski definition) is 7. The Hall–Kier alpha value is -1.88. The Labute approximate surface area is 147 Å². The molecule has 1 aromatic heterocycles. The molecule has 0 saturated heterocycles. The molecule has 3 N–H and O–H groups in total. The van der Waals surface area contributed by atoms with Gasteiger partial charge in [0, 0.05) is 16.0 Å². The lowest BCUT2D eigenvalue weighted by atomic mass is 10.3. The van der Waals surface area contributed by atoms with Crippen molar-refractivity contribution in [2.75, 3.05) is 18.2 Å². The lowest BCUT2D eigenvalue weighted by Gasteiger charge is -2.07. The predicted molar refractivity (Wildman–Crippen MR) is 92.8 cm³/mol. The van der Waals surface area contributed by atoms with Gasteiger partial charge in [-0.15, -0.1) is 23.1 Å². The number of nitrogens with one attached hydrogen (secondary N) is 1. The zero-order valence-corrected chi connectivity index (χ0v) is 15.0. The van der Waals surface area contributed by atoms with Gasteiger partial charge in [-0.05, 0) is 30.5 Å². The average molecular weight is 386 g/mol. The summed E-state index contributed by atoms with van der Waals surface area (Å²) in [6.45, 7) is -0.483. The van der Waals surface area contributed by atoms with Gasteiger partial charge >= 0.3 is 5.97 Å². The van der Waals surface area contributed by atoms with Crippen LogP contribution < -0.4 is 10.5 Å². The number of ether oxygens (including phenoxy) is 1. The predicted octanol–water partition coefficient (Wildman–Crippen LogP) is 1.91. The van der Waals surface area contributed by atoms with Crippen LogP contribution in [0.4, 0.5) is 5.69 Å². The maximum atomic E-state index is 11.8. The zero-order valence-electron chi connectivity index (χ0n) is 12.5. The van der Waals surface area contributed by atoms with E-state index in [-0.39, 0.29) is 9.77 Å². The quantitative estimate of drug-likeness (QED) is 0.579. The number of thioether (sulfide) groups is 1. The molecule has 0 spiro atoms. The van der Waals surface area contributed by atoms with Crippen molar-refractivity contribution in [3.63, 3.8) is 0 Å². The third-order valence-corrected chi connectivity index (χ3v) is 5.89. The Balaban J connectivity index is 1.91. The number of benzene rings is 1. The number of hydrogen-bond donors (Lipinski definition) is 2. The van der Waals surface area contributed by atoms with Crippen LogP contribution in [-0.4, -0.2) is 33.2 Å². The highest BCUT2D eigenvalue weighted by Crippen LogP contribution is 2.20. The summed E-state index contributed by atoms with van der Waals surface area (Å²) in [5.74, 6) is -1.29. The normalized spacial score (nSPS) is 11.1. The maximum absolute atomic E-state index is 11.8. The van der Waals surface area contributed by atoms with Crippen LogP contribution in [0.5, 0.6) is 0 Å². The van der Waals surface area contributed by atoms with Crippen molar-refractivity contribution in [1.82, 2.24) is 0 Å². The Morgan fingerprint density at radius 2 is 2.08 bits per heavy atom. The molecule has 0 unspecified atom stereocenters. The number of carbonyl (C=O) groups is 2. The van der Waals surface area contributed by atoms with Crippen molar-refractivity contribution in [2.45, 2.75) is 9.10 Å². The first-order chi connectivity index (χ1) is 11.3. The molecule has 1 heterocycles. The smallest absolute Gasteiger partial charge is 0.339 e. The molecule has 128 valence electrons. The third kappa shape index (κ3) is 5.06. The van der Waals surface area contributed by atoms with Gasteiger partial charge in [0.1, 0.15) is 4.21 Å². The fraction of sp³-hybridized carbons (Fsp3) is 0.143. The van der Waals surface area contributed by atoms with E-state index in [0.29, 0.717) is 5.69 Å². The largest absolute Gasteiger partial charge is 0.452 e. The first kappa shape index (κ1) is 18.5. The van der Waals surface area contributed by atoms with Crippen LogP contribution in [-0.2, 0) is 19.6 Å². The van der Waals surface area contributed by atoms with Crippen LogP contribution in [0.3, 0.4) is 0 Å². The molecular weight excluding hydrogens is 372 g/mol. The number of rotatable bonds is 6. The van der Waals surface area contributed by atoms with E-state index in [4.69, 9.17) is 9.88 Å². The van der Waals surface area contributed by atoms with Gasteiger partial charge < -0.3 is 10.1 Å². The highest BCUT2D eigenvalue weighted by molar-refractivity contribution is 7.98. The molecule has 2 aromatic rings. The third-order valence-electron chi connectivity index (χ3n) is 2.78. The zero-order chi connectivity index (χ0) is 17.7. The molecule has 1 aromatic carbocycles. The summed E-state index contributed by atoms with van der Waals surface area (Å²) in [7, 11) is -3.86. The number of esters is 1. The van der Waals surface area contributed by atoms with Gasteiger partial charge in [0.05, 0.1) is 5.56 Å². The van der Waals surface area contributed by atoms with Crippen LogP contribution >= 0.6 is 23.1 Å². The minimum Gasteiger partial charge on any atom is -0.452 e. The summed E-state index contributed by atoms with van der Waals surface area (Å²) < 4.78 is 27.0. The molecule has 0 atom stereocenters. The van der Waals surface area contributed by atoms with E-state index < -0.39 is 28.5 Å². The average Bonchev–Trinajstić information content (AvgIpc) is 3.03. The number of amides is 1. The molecular formula is C14H14N2O5S3. The van der Waals surface area contributed by atoms with E-state index >= 15 is 0 Å². The highest BCUT2D eigenvalue weighted by atomic mass is 32.2. The summed E-state index contributed by atoms with van der Waals surface area (Å²) in [5, 5.41) is 8.88. The Morgan fingerprint density at radius 1 is 1.33 bits per heavy atom. The SMILES string of the molecule is CSc1cccc(NC(=O)COC(=O)c2csc(S(N)(=O)=O)c2)c1. The monoisotopic (exact) mass is 386 g/mol.